The summed E-state index contributed by atoms with van der Waals surface area (Å²) in [4.78, 5) is 24.9. The molecule has 1 aromatic heterocycles. The van der Waals surface area contributed by atoms with Crippen molar-refractivity contribution in [2.45, 2.75) is 24.7 Å². The Morgan fingerprint density at radius 3 is 2.25 bits per heavy atom. The third-order valence-electron chi connectivity index (χ3n) is 4.53. The number of nitrogens with one attached hydrogen (secondary N) is 2. The normalized spacial score (nSPS) is 15.5. The topological polar surface area (TPSA) is 63.1 Å². The van der Waals surface area contributed by atoms with Crippen LogP contribution in [0, 0.1) is 0 Å². The van der Waals surface area contributed by atoms with Gasteiger partial charge in [0.1, 0.15) is 5.69 Å². The maximum atomic E-state index is 12.7. The Bertz CT molecular complexity index is 780. The minimum atomic E-state index is -0.553. The van der Waals surface area contributed by atoms with Crippen LogP contribution in [0.4, 0.5) is 0 Å². The number of rotatable bonds is 3. The largest absolute Gasteiger partial charge is 0.345 e. The Balaban J connectivity index is 1.70. The Morgan fingerprint density at radius 2 is 1.75 bits per heavy atom. The standard InChI is InChI=1S/C17H17Br2N3O2/c1-22-10-13(19)9-14(22)15(23)20-21-16(24)17(7-2-8-17)11-3-5-12(18)6-4-11/h3-6,9-10H,2,7-8H2,1H3,(H,20,23)(H,21,24). The molecule has 0 bridgehead atoms. The van der Waals surface area contributed by atoms with Gasteiger partial charge in [0.05, 0.1) is 5.41 Å². The molecule has 24 heavy (non-hydrogen) atoms. The average Bonchev–Trinajstić information content (AvgIpc) is 2.84. The number of nitrogens with zero attached hydrogens (tertiary/aromatic N) is 1. The van der Waals surface area contributed by atoms with E-state index in [1.54, 1.807) is 23.9 Å². The first-order valence-corrected chi connectivity index (χ1v) is 9.20. The zero-order chi connectivity index (χ0) is 17.3. The summed E-state index contributed by atoms with van der Waals surface area (Å²) in [6.45, 7) is 0. The number of carbonyl (C=O) groups excluding carboxylic acids is 2. The Kier molecular flexibility index (Phi) is 4.83. The zero-order valence-electron chi connectivity index (χ0n) is 13.1. The Morgan fingerprint density at radius 1 is 1.08 bits per heavy atom. The molecule has 2 N–H and O–H groups in total. The molecule has 1 aliphatic carbocycles. The smallest absolute Gasteiger partial charge is 0.286 e. The van der Waals surface area contributed by atoms with Crippen LogP contribution in [-0.2, 0) is 17.3 Å². The van der Waals surface area contributed by atoms with Gasteiger partial charge >= 0.3 is 0 Å². The van der Waals surface area contributed by atoms with Crippen molar-refractivity contribution in [3.63, 3.8) is 0 Å². The summed E-state index contributed by atoms with van der Waals surface area (Å²) in [5.41, 5.74) is 6.00. The van der Waals surface area contributed by atoms with E-state index in [0.717, 1.165) is 33.8 Å². The highest BCUT2D eigenvalue weighted by atomic mass is 79.9. The first-order chi connectivity index (χ1) is 11.4. The molecular formula is C17H17Br2N3O2. The number of benzene rings is 1. The average molecular weight is 455 g/mol. The Labute approximate surface area is 157 Å². The van der Waals surface area contributed by atoms with Crippen LogP contribution in [0.2, 0.25) is 0 Å². The molecule has 0 radical (unpaired) electrons. The lowest BCUT2D eigenvalue weighted by Gasteiger charge is -2.40. The van der Waals surface area contributed by atoms with Crippen molar-refractivity contribution in [3.8, 4) is 0 Å². The third kappa shape index (κ3) is 3.15. The Hall–Kier alpha value is -1.60. The molecule has 5 nitrogen and oxygen atoms in total. The summed E-state index contributed by atoms with van der Waals surface area (Å²) in [5.74, 6) is -0.514. The summed E-state index contributed by atoms with van der Waals surface area (Å²) in [6.07, 6.45) is 4.35. The summed E-state index contributed by atoms with van der Waals surface area (Å²) in [6, 6.07) is 9.48. The molecule has 0 aliphatic heterocycles. The SMILES string of the molecule is Cn1cc(Br)cc1C(=O)NNC(=O)C1(c2ccc(Br)cc2)CCC1. The molecule has 0 spiro atoms. The molecule has 1 fully saturated rings. The van der Waals surface area contributed by atoms with E-state index in [2.05, 4.69) is 42.7 Å². The molecule has 3 rings (SSSR count). The van der Waals surface area contributed by atoms with Crippen LogP contribution in [0.3, 0.4) is 0 Å². The van der Waals surface area contributed by atoms with Gasteiger partial charge in [-0.25, -0.2) is 0 Å². The van der Waals surface area contributed by atoms with Gasteiger partial charge in [-0.1, -0.05) is 34.5 Å². The zero-order valence-corrected chi connectivity index (χ0v) is 16.3. The number of aromatic nitrogens is 1. The third-order valence-corrected chi connectivity index (χ3v) is 5.49. The number of hydrazine groups is 1. The highest BCUT2D eigenvalue weighted by Crippen LogP contribution is 2.44. The fourth-order valence-corrected chi connectivity index (χ4v) is 3.78. The summed E-state index contributed by atoms with van der Waals surface area (Å²) in [5, 5.41) is 0. The molecule has 0 atom stereocenters. The predicted molar refractivity (Wildman–Crippen MR) is 98.4 cm³/mol. The van der Waals surface area contributed by atoms with Gasteiger partial charge in [-0.15, -0.1) is 0 Å². The first-order valence-electron chi connectivity index (χ1n) is 7.61. The lowest BCUT2D eigenvalue weighted by Crippen LogP contribution is -2.54. The van der Waals surface area contributed by atoms with Gasteiger partial charge in [0.2, 0.25) is 5.91 Å². The van der Waals surface area contributed by atoms with E-state index in [4.69, 9.17) is 0 Å². The quantitative estimate of drug-likeness (QED) is 0.698. The maximum Gasteiger partial charge on any atom is 0.286 e. The van der Waals surface area contributed by atoms with Gasteiger partial charge in [0, 0.05) is 22.2 Å². The van der Waals surface area contributed by atoms with E-state index in [0.29, 0.717) is 5.69 Å². The molecule has 7 heteroatoms. The number of amides is 2. The summed E-state index contributed by atoms with van der Waals surface area (Å²) < 4.78 is 3.48. The monoisotopic (exact) mass is 453 g/mol. The number of halogens is 2. The van der Waals surface area contributed by atoms with Crippen LogP contribution in [0.25, 0.3) is 0 Å². The van der Waals surface area contributed by atoms with Gasteiger partial charge in [0.15, 0.2) is 0 Å². The predicted octanol–water partition coefficient (Wildman–Crippen LogP) is 3.43. The molecule has 2 amide bonds. The van der Waals surface area contributed by atoms with Crippen molar-refractivity contribution in [2.75, 3.05) is 0 Å². The number of hydrogen-bond acceptors (Lipinski definition) is 2. The van der Waals surface area contributed by atoms with Crippen LogP contribution in [0.1, 0.15) is 35.3 Å². The van der Waals surface area contributed by atoms with E-state index in [1.165, 1.54) is 0 Å². The van der Waals surface area contributed by atoms with Gasteiger partial charge < -0.3 is 4.57 Å². The van der Waals surface area contributed by atoms with E-state index >= 15 is 0 Å². The van der Waals surface area contributed by atoms with Crippen molar-refractivity contribution in [3.05, 3.63) is 56.7 Å². The molecule has 1 saturated carbocycles. The van der Waals surface area contributed by atoms with E-state index in [9.17, 15) is 9.59 Å². The van der Waals surface area contributed by atoms with Gasteiger partial charge in [-0.3, -0.25) is 20.4 Å². The number of carbonyl (C=O) groups is 2. The first kappa shape index (κ1) is 17.2. The van der Waals surface area contributed by atoms with Crippen molar-refractivity contribution in [2.24, 2.45) is 7.05 Å². The van der Waals surface area contributed by atoms with E-state index in [1.807, 2.05) is 24.3 Å². The minimum absolute atomic E-state index is 0.169. The molecule has 0 unspecified atom stereocenters. The van der Waals surface area contributed by atoms with Crippen molar-refractivity contribution < 1.29 is 9.59 Å². The van der Waals surface area contributed by atoms with Gasteiger partial charge in [-0.2, -0.15) is 0 Å². The van der Waals surface area contributed by atoms with Gasteiger partial charge in [0.25, 0.3) is 5.91 Å². The minimum Gasteiger partial charge on any atom is -0.345 e. The van der Waals surface area contributed by atoms with Crippen LogP contribution in [0.15, 0.2) is 45.5 Å². The van der Waals surface area contributed by atoms with Crippen LogP contribution < -0.4 is 10.9 Å². The van der Waals surface area contributed by atoms with Crippen LogP contribution in [0.5, 0.6) is 0 Å². The fourth-order valence-electron chi connectivity index (χ4n) is 2.99. The lowest BCUT2D eigenvalue weighted by molar-refractivity contribution is -0.130. The van der Waals surface area contributed by atoms with Crippen LogP contribution >= 0.6 is 31.9 Å². The second-order valence-corrected chi connectivity index (χ2v) is 7.84. The number of aryl methyl sites for hydroxylation is 1. The molecule has 1 aliphatic rings. The molecule has 1 aromatic carbocycles. The lowest BCUT2D eigenvalue weighted by atomic mass is 9.64. The molecule has 1 heterocycles. The summed E-state index contributed by atoms with van der Waals surface area (Å²) >= 11 is 6.74. The van der Waals surface area contributed by atoms with E-state index < -0.39 is 5.41 Å². The highest BCUT2D eigenvalue weighted by Gasteiger charge is 2.45. The maximum absolute atomic E-state index is 12.7. The second-order valence-electron chi connectivity index (χ2n) is 6.01. The fraction of sp³-hybridized carbons (Fsp3) is 0.294. The molecule has 0 saturated heterocycles. The van der Waals surface area contributed by atoms with E-state index in [-0.39, 0.29) is 11.8 Å². The molecule has 2 aromatic rings. The van der Waals surface area contributed by atoms with Crippen molar-refractivity contribution in [1.29, 1.82) is 0 Å². The summed E-state index contributed by atoms with van der Waals surface area (Å²) in [7, 11) is 1.77. The van der Waals surface area contributed by atoms with Crippen molar-refractivity contribution in [1.82, 2.24) is 15.4 Å². The molecular weight excluding hydrogens is 438 g/mol. The second kappa shape index (κ2) is 6.72. The highest BCUT2D eigenvalue weighted by molar-refractivity contribution is 9.10. The van der Waals surface area contributed by atoms with Gasteiger partial charge in [-0.05, 0) is 52.5 Å². The molecule has 126 valence electrons. The van der Waals surface area contributed by atoms with Crippen molar-refractivity contribution >= 4 is 43.7 Å². The van der Waals surface area contributed by atoms with Crippen LogP contribution in [-0.4, -0.2) is 16.4 Å². The number of hydrogen-bond donors (Lipinski definition) is 2.